The van der Waals surface area contributed by atoms with Crippen LogP contribution in [0.15, 0.2) is 48.7 Å². The van der Waals surface area contributed by atoms with Gasteiger partial charge >= 0.3 is 6.03 Å². The second-order valence-corrected chi connectivity index (χ2v) is 6.60. The van der Waals surface area contributed by atoms with Crippen molar-refractivity contribution in [3.8, 4) is 0 Å². The number of likely N-dealkylation sites (tertiary alicyclic amines) is 1. The van der Waals surface area contributed by atoms with Crippen molar-refractivity contribution >= 4 is 11.9 Å². The van der Waals surface area contributed by atoms with Crippen molar-refractivity contribution in [3.05, 3.63) is 59.9 Å². The number of amides is 3. The number of nitrogens with zero attached hydrogens (tertiary/aromatic N) is 2. The van der Waals surface area contributed by atoms with E-state index in [1.54, 1.807) is 0 Å². The number of aryl methyl sites for hydroxylation is 1. The average Bonchev–Trinajstić information content (AvgIpc) is 3.25. The summed E-state index contributed by atoms with van der Waals surface area (Å²) in [5.74, 6) is -0.289. The van der Waals surface area contributed by atoms with Gasteiger partial charge in [0, 0.05) is 25.5 Å². The summed E-state index contributed by atoms with van der Waals surface area (Å²) in [6.45, 7) is 3.12. The zero-order valence-electron chi connectivity index (χ0n) is 15.3. The quantitative estimate of drug-likeness (QED) is 0.868. The lowest BCUT2D eigenvalue weighted by Crippen LogP contribution is -2.46. The Balaban J connectivity index is 1.91. The van der Waals surface area contributed by atoms with E-state index in [-0.39, 0.29) is 11.9 Å². The number of rotatable bonds is 5. The monoisotopic (exact) mass is 354 g/mol. The van der Waals surface area contributed by atoms with Gasteiger partial charge in [0.1, 0.15) is 6.04 Å². The second-order valence-electron chi connectivity index (χ2n) is 6.60. The molecule has 1 fully saturated rings. The van der Waals surface area contributed by atoms with Gasteiger partial charge in [0.05, 0.1) is 6.04 Å². The summed E-state index contributed by atoms with van der Waals surface area (Å²) in [7, 11) is 2.03. The number of nitrogens with one attached hydrogen (secondary N) is 2. The summed E-state index contributed by atoms with van der Waals surface area (Å²) in [5, 5.41) is 5.13. The van der Waals surface area contributed by atoms with Crippen molar-refractivity contribution < 1.29 is 9.59 Å². The van der Waals surface area contributed by atoms with E-state index in [9.17, 15) is 9.59 Å². The van der Waals surface area contributed by atoms with Gasteiger partial charge in [-0.25, -0.2) is 4.79 Å². The van der Waals surface area contributed by atoms with Gasteiger partial charge in [-0.2, -0.15) is 0 Å². The van der Waals surface area contributed by atoms with Crippen LogP contribution >= 0.6 is 0 Å². The first-order valence-corrected chi connectivity index (χ1v) is 9.12. The van der Waals surface area contributed by atoms with Gasteiger partial charge in [0.2, 0.25) is 5.91 Å². The van der Waals surface area contributed by atoms with Crippen molar-refractivity contribution in [2.24, 2.45) is 7.05 Å². The molecule has 1 aromatic heterocycles. The van der Waals surface area contributed by atoms with Gasteiger partial charge in [-0.05, 0) is 44.0 Å². The lowest BCUT2D eigenvalue weighted by molar-refractivity contribution is -0.126. The number of hydrogen-bond acceptors (Lipinski definition) is 3. The number of hydrogen-bond donors (Lipinski definition) is 2. The molecule has 1 aliphatic heterocycles. The molecule has 0 radical (unpaired) electrons. The van der Waals surface area contributed by atoms with E-state index >= 15 is 0 Å². The van der Waals surface area contributed by atoms with Crippen molar-refractivity contribution in [2.45, 2.75) is 31.8 Å². The van der Waals surface area contributed by atoms with Gasteiger partial charge in [-0.3, -0.25) is 15.0 Å². The standard InChI is InChI=1S/C20H26N4O2/c1-3-21-20(26)22-19(25)18(15-9-5-4-6-10-15)24-14-8-12-17(24)16-11-7-13-23(16)2/h4-7,9-11,13,17-18H,3,8,12,14H2,1-2H3,(H2,21,22,25,26)/t17-,18-/m1/s1. The third-order valence-electron chi connectivity index (χ3n) is 4.89. The van der Waals surface area contributed by atoms with Crippen LogP contribution in [0.2, 0.25) is 0 Å². The molecule has 2 atom stereocenters. The zero-order chi connectivity index (χ0) is 18.5. The fourth-order valence-corrected chi connectivity index (χ4v) is 3.75. The lowest BCUT2D eigenvalue weighted by atomic mass is 10.0. The summed E-state index contributed by atoms with van der Waals surface area (Å²) < 4.78 is 2.10. The molecular weight excluding hydrogens is 328 g/mol. The highest BCUT2D eigenvalue weighted by Crippen LogP contribution is 2.38. The molecule has 1 aromatic carbocycles. The van der Waals surface area contributed by atoms with Crippen LogP contribution in [0.25, 0.3) is 0 Å². The number of carbonyl (C=O) groups excluding carboxylic acids is 2. The number of benzene rings is 1. The minimum atomic E-state index is -0.499. The van der Waals surface area contributed by atoms with Crippen molar-refractivity contribution in [2.75, 3.05) is 13.1 Å². The molecule has 3 amide bonds. The minimum absolute atomic E-state index is 0.153. The van der Waals surface area contributed by atoms with Crippen molar-refractivity contribution in [3.63, 3.8) is 0 Å². The van der Waals surface area contributed by atoms with Crippen LogP contribution in [0, 0.1) is 0 Å². The van der Waals surface area contributed by atoms with E-state index in [4.69, 9.17) is 0 Å². The summed E-state index contributed by atoms with van der Waals surface area (Å²) in [6, 6.07) is 13.0. The molecule has 2 N–H and O–H groups in total. The molecule has 0 spiro atoms. The molecular formula is C20H26N4O2. The third kappa shape index (κ3) is 3.80. The van der Waals surface area contributed by atoms with Crippen LogP contribution < -0.4 is 10.6 Å². The van der Waals surface area contributed by atoms with Crippen LogP contribution in [0.5, 0.6) is 0 Å². The summed E-state index contributed by atoms with van der Waals surface area (Å²) in [5.41, 5.74) is 2.09. The van der Waals surface area contributed by atoms with E-state index in [2.05, 4.69) is 26.2 Å². The first-order chi connectivity index (χ1) is 12.6. The molecule has 0 unspecified atom stereocenters. The third-order valence-corrected chi connectivity index (χ3v) is 4.89. The Morgan fingerprint density at radius 2 is 1.96 bits per heavy atom. The van der Waals surface area contributed by atoms with Crippen LogP contribution in [0.4, 0.5) is 4.79 Å². The molecule has 1 aliphatic rings. The van der Waals surface area contributed by atoms with E-state index < -0.39 is 12.1 Å². The van der Waals surface area contributed by atoms with Gasteiger partial charge in [-0.15, -0.1) is 0 Å². The maximum absolute atomic E-state index is 13.0. The van der Waals surface area contributed by atoms with Crippen LogP contribution in [0.1, 0.15) is 43.1 Å². The summed E-state index contributed by atoms with van der Waals surface area (Å²) >= 11 is 0. The predicted molar refractivity (Wildman–Crippen MR) is 100 cm³/mol. The fraction of sp³-hybridized carbons (Fsp3) is 0.400. The van der Waals surface area contributed by atoms with Crippen LogP contribution in [0.3, 0.4) is 0 Å². The number of aromatic nitrogens is 1. The molecule has 0 saturated carbocycles. The van der Waals surface area contributed by atoms with Gasteiger partial charge < -0.3 is 9.88 Å². The molecule has 6 heteroatoms. The Morgan fingerprint density at radius 1 is 1.19 bits per heavy atom. The maximum Gasteiger partial charge on any atom is 0.321 e. The zero-order valence-corrected chi connectivity index (χ0v) is 15.3. The first-order valence-electron chi connectivity index (χ1n) is 9.12. The van der Waals surface area contributed by atoms with Gasteiger partial charge in [0.15, 0.2) is 0 Å². The Labute approximate surface area is 154 Å². The van der Waals surface area contributed by atoms with E-state index in [0.29, 0.717) is 6.54 Å². The molecule has 2 heterocycles. The molecule has 2 aromatic rings. The molecule has 6 nitrogen and oxygen atoms in total. The highest BCUT2D eigenvalue weighted by molar-refractivity contribution is 5.97. The smallest absolute Gasteiger partial charge is 0.321 e. The largest absolute Gasteiger partial charge is 0.353 e. The van der Waals surface area contributed by atoms with Crippen molar-refractivity contribution in [1.82, 2.24) is 20.1 Å². The Kier molecular flexibility index (Phi) is 5.73. The highest BCUT2D eigenvalue weighted by atomic mass is 16.2. The average molecular weight is 354 g/mol. The van der Waals surface area contributed by atoms with Crippen molar-refractivity contribution in [1.29, 1.82) is 0 Å². The minimum Gasteiger partial charge on any atom is -0.353 e. The maximum atomic E-state index is 13.0. The van der Waals surface area contributed by atoms with E-state index in [0.717, 1.165) is 24.9 Å². The lowest BCUT2D eigenvalue weighted by Gasteiger charge is -2.32. The normalized spacial score (nSPS) is 18.5. The number of urea groups is 1. The van der Waals surface area contributed by atoms with Crippen LogP contribution in [-0.4, -0.2) is 34.5 Å². The van der Waals surface area contributed by atoms with Gasteiger partial charge in [-0.1, -0.05) is 30.3 Å². The summed E-state index contributed by atoms with van der Waals surface area (Å²) in [6.07, 6.45) is 4.04. The topological polar surface area (TPSA) is 66.4 Å². The number of carbonyl (C=O) groups is 2. The molecule has 26 heavy (non-hydrogen) atoms. The SMILES string of the molecule is CCNC(=O)NC(=O)[C@@H](c1ccccc1)N1CCC[C@@H]1c1cccn1C. The van der Waals surface area contributed by atoms with Crippen LogP contribution in [-0.2, 0) is 11.8 Å². The van der Waals surface area contributed by atoms with E-state index in [1.807, 2.05) is 56.6 Å². The fourth-order valence-electron chi connectivity index (χ4n) is 3.75. The molecule has 0 aliphatic carbocycles. The van der Waals surface area contributed by atoms with Gasteiger partial charge in [0.25, 0.3) is 0 Å². The second kappa shape index (κ2) is 8.19. The Bertz CT molecular complexity index is 756. The first kappa shape index (κ1) is 18.2. The molecule has 138 valence electrons. The Hall–Kier alpha value is -2.60. The predicted octanol–water partition coefficient (Wildman–Crippen LogP) is 2.75. The Morgan fingerprint density at radius 3 is 2.62 bits per heavy atom. The number of imide groups is 1. The van der Waals surface area contributed by atoms with E-state index in [1.165, 1.54) is 5.69 Å². The highest BCUT2D eigenvalue weighted by Gasteiger charge is 2.37. The summed E-state index contributed by atoms with van der Waals surface area (Å²) in [4.78, 5) is 27.1. The molecule has 1 saturated heterocycles. The molecule has 3 rings (SSSR count). The molecule has 0 bridgehead atoms.